The molecule has 4 saturated carbocycles. The van der Waals surface area contributed by atoms with Crippen molar-refractivity contribution in [2.45, 2.75) is 38.0 Å². The molecule has 4 fully saturated rings. The van der Waals surface area contributed by atoms with Crippen LogP contribution in [0.15, 0.2) is 17.1 Å². The van der Waals surface area contributed by atoms with Crippen molar-refractivity contribution >= 4 is 0 Å². The molecule has 0 aliphatic heterocycles. The normalized spacial score (nSPS) is 39.2. The van der Waals surface area contributed by atoms with Crippen LogP contribution in [-0.4, -0.2) is 4.98 Å². The molecular weight excluding hydrogens is 236 g/mol. The predicted molar refractivity (Wildman–Crippen MR) is 71.6 cm³/mol. The topological polar surface area (TPSA) is 56.6 Å². The molecule has 3 heteroatoms. The van der Waals surface area contributed by atoms with Gasteiger partial charge in [0, 0.05) is 23.9 Å². The van der Waals surface area contributed by atoms with Crippen LogP contribution in [0.25, 0.3) is 0 Å². The molecule has 3 nitrogen and oxygen atoms in total. The highest BCUT2D eigenvalue weighted by molar-refractivity contribution is 5.29. The van der Waals surface area contributed by atoms with E-state index in [2.05, 4.69) is 4.98 Å². The third-order valence-corrected chi connectivity index (χ3v) is 5.64. The van der Waals surface area contributed by atoms with Crippen LogP contribution in [0.3, 0.4) is 0 Å². The number of hydrogen-bond donors (Lipinski definition) is 1. The molecular formula is C16H18N2O. The number of hydrogen-bond acceptors (Lipinski definition) is 2. The number of H-pyrrole nitrogens is 1. The molecule has 4 aliphatic rings. The summed E-state index contributed by atoms with van der Waals surface area (Å²) < 4.78 is 0. The maximum atomic E-state index is 11.9. The first kappa shape index (κ1) is 11.3. The lowest BCUT2D eigenvalue weighted by Gasteiger charge is -2.54. The van der Waals surface area contributed by atoms with E-state index in [1.807, 2.05) is 6.07 Å². The summed E-state index contributed by atoms with van der Waals surface area (Å²) in [4.78, 5) is 15.1. The highest BCUT2D eigenvalue weighted by Crippen LogP contribution is 2.59. The summed E-state index contributed by atoms with van der Waals surface area (Å²) in [6.45, 7) is 0. The van der Waals surface area contributed by atoms with Gasteiger partial charge in [0.25, 0.3) is 0 Å². The van der Waals surface area contributed by atoms with Gasteiger partial charge in [-0.25, -0.2) is 0 Å². The molecule has 1 aromatic heterocycles. The molecule has 98 valence electrons. The second-order valence-corrected chi connectivity index (χ2v) is 6.73. The van der Waals surface area contributed by atoms with Crippen molar-refractivity contribution in [3.63, 3.8) is 0 Å². The third kappa shape index (κ3) is 1.66. The van der Waals surface area contributed by atoms with Crippen molar-refractivity contribution in [1.82, 2.24) is 4.98 Å². The summed E-state index contributed by atoms with van der Waals surface area (Å²) in [7, 11) is 0. The van der Waals surface area contributed by atoms with Crippen LogP contribution in [0.4, 0.5) is 0 Å². The maximum absolute atomic E-state index is 11.9. The summed E-state index contributed by atoms with van der Waals surface area (Å²) in [6.07, 6.45) is 8.44. The van der Waals surface area contributed by atoms with Crippen LogP contribution in [-0.2, 0) is 0 Å². The minimum atomic E-state index is -0.120. The molecule has 0 radical (unpaired) electrons. The van der Waals surface area contributed by atoms with Crippen LogP contribution in [0.1, 0.15) is 49.3 Å². The van der Waals surface area contributed by atoms with E-state index < -0.39 is 0 Å². The monoisotopic (exact) mass is 254 g/mol. The van der Waals surface area contributed by atoms with Crippen LogP contribution in [0.2, 0.25) is 0 Å². The summed E-state index contributed by atoms with van der Waals surface area (Å²) in [6, 6.07) is 3.63. The Morgan fingerprint density at radius 3 is 2.26 bits per heavy atom. The minimum Gasteiger partial charge on any atom is -0.363 e. The fraction of sp³-hybridized carbons (Fsp3) is 0.625. The zero-order valence-corrected chi connectivity index (χ0v) is 10.9. The average molecular weight is 254 g/mol. The zero-order valence-electron chi connectivity index (χ0n) is 10.9. The molecule has 4 bridgehead atoms. The average Bonchev–Trinajstić information content (AvgIpc) is 2.37. The van der Waals surface area contributed by atoms with E-state index in [1.54, 1.807) is 12.3 Å². The standard InChI is InChI=1S/C16H18N2O/c17-7-13-8-18-14(6-15(13)19)16-11-2-9-1-10(4-11)5-12(16)3-9/h6,8-12,16H,1-5H2,(H,18,19). The van der Waals surface area contributed by atoms with Gasteiger partial charge in [-0.3, -0.25) is 4.79 Å². The van der Waals surface area contributed by atoms with Gasteiger partial charge < -0.3 is 4.98 Å². The molecule has 4 aliphatic carbocycles. The number of rotatable bonds is 1. The molecule has 1 aromatic rings. The number of aromatic nitrogens is 1. The van der Waals surface area contributed by atoms with Gasteiger partial charge in [-0.1, -0.05) is 0 Å². The van der Waals surface area contributed by atoms with Crippen molar-refractivity contribution in [3.05, 3.63) is 33.7 Å². The highest BCUT2D eigenvalue weighted by atomic mass is 16.1. The van der Waals surface area contributed by atoms with Gasteiger partial charge in [0.1, 0.15) is 11.6 Å². The molecule has 5 rings (SSSR count). The lowest BCUT2D eigenvalue weighted by Crippen LogP contribution is -2.44. The molecule has 0 amide bonds. The van der Waals surface area contributed by atoms with Crippen molar-refractivity contribution < 1.29 is 0 Å². The SMILES string of the molecule is N#Cc1c[nH]c(C2C3CC4CC(C3)CC2C4)cc1=O. The number of pyridine rings is 1. The second-order valence-electron chi connectivity index (χ2n) is 6.73. The minimum absolute atomic E-state index is 0.120. The van der Waals surface area contributed by atoms with Gasteiger partial charge in [0.2, 0.25) is 0 Å². The first-order chi connectivity index (χ1) is 9.24. The summed E-state index contributed by atoms with van der Waals surface area (Å²) in [5.41, 5.74) is 1.19. The Balaban J connectivity index is 1.71. The Kier molecular flexibility index (Phi) is 2.35. The Labute approximate surface area is 112 Å². The number of nitriles is 1. The second kappa shape index (κ2) is 3.96. The Bertz CT molecular complexity index is 582. The van der Waals surface area contributed by atoms with Gasteiger partial charge in [-0.05, 0) is 55.8 Å². The maximum Gasteiger partial charge on any atom is 0.199 e. The lowest BCUT2D eigenvalue weighted by atomic mass is 9.51. The molecule has 0 spiro atoms. The molecule has 0 unspecified atom stereocenters. The Morgan fingerprint density at radius 2 is 1.74 bits per heavy atom. The fourth-order valence-corrected chi connectivity index (χ4v) is 5.20. The zero-order chi connectivity index (χ0) is 13.0. The van der Waals surface area contributed by atoms with Crippen LogP contribution < -0.4 is 5.43 Å². The summed E-state index contributed by atoms with van der Waals surface area (Å²) in [5.74, 6) is 3.96. The molecule has 19 heavy (non-hydrogen) atoms. The molecule has 1 heterocycles. The van der Waals surface area contributed by atoms with Gasteiger partial charge in [-0.15, -0.1) is 0 Å². The van der Waals surface area contributed by atoms with Crippen molar-refractivity contribution in [3.8, 4) is 6.07 Å². The van der Waals surface area contributed by atoms with Gasteiger partial charge in [-0.2, -0.15) is 5.26 Å². The van der Waals surface area contributed by atoms with E-state index in [-0.39, 0.29) is 11.0 Å². The first-order valence-corrected chi connectivity index (χ1v) is 7.37. The van der Waals surface area contributed by atoms with E-state index >= 15 is 0 Å². The van der Waals surface area contributed by atoms with E-state index in [0.29, 0.717) is 5.92 Å². The fourth-order valence-electron chi connectivity index (χ4n) is 5.20. The van der Waals surface area contributed by atoms with E-state index in [0.717, 1.165) is 29.4 Å². The smallest absolute Gasteiger partial charge is 0.199 e. The molecule has 0 aromatic carbocycles. The van der Waals surface area contributed by atoms with Crippen LogP contribution in [0, 0.1) is 35.0 Å². The number of nitrogens with one attached hydrogen (secondary N) is 1. The van der Waals surface area contributed by atoms with Crippen LogP contribution in [0.5, 0.6) is 0 Å². The van der Waals surface area contributed by atoms with Gasteiger partial charge in [0.05, 0.1) is 0 Å². The summed E-state index contributed by atoms with van der Waals surface area (Å²) in [5, 5.41) is 8.85. The van der Waals surface area contributed by atoms with E-state index in [4.69, 9.17) is 5.26 Å². The van der Waals surface area contributed by atoms with Gasteiger partial charge in [0.15, 0.2) is 5.43 Å². The molecule has 0 saturated heterocycles. The van der Waals surface area contributed by atoms with Crippen molar-refractivity contribution in [2.75, 3.05) is 0 Å². The van der Waals surface area contributed by atoms with Gasteiger partial charge >= 0.3 is 0 Å². The lowest BCUT2D eigenvalue weighted by molar-refractivity contribution is -0.00418. The van der Waals surface area contributed by atoms with E-state index in [9.17, 15) is 4.79 Å². The number of aromatic amines is 1. The Hall–Kier alpha value is -1.56. The molecule has 1 N–H and O–H groups in total. The van der Waals surface area contributed by atoms with Crippen molar-refractivity contribution in [1.29, 1.82) is 5.26 Å². The third-order valence-electron chi connectivity index (χ3n) is 5.64. The predicted octanol–water partition coefficient (Wildman–Crippen LogP) is 2.79. The summed E-state index contributed by atoms with van der Waals surface area (Å²) >= 11 is 0. The quantitative estimate of drug-likeness (QED) is 0.837. The molecule has 0 atom stereocenters. The van der Waals surface area contributed by atoms with E-state index in [1.165, 1.54) is 32.1 Å². The first-order valence-electron chi connectivity index (χ1n) is 7.37. The van der Waals surface area contributed by atoms with Crippen LogP contribution >= 0.6 is 0 Å². The Morgan fingerprint density at radius 1 is 1.11 bits per heavy atom. The largest absolute Gasteiger partial charge is 0.363 e. The van der Waals surface area contributed by atoms with Crippen molar-refractivity contribution in [2.24, 2.45) is 23.7 Å². The number of nitrogens with zero attached hydrogens (tertiary/aromatic N) is 1. The highest BCUT2D eigenvalue weighted by Gasteiger charge is 2.48.